The molecular formula is C11H21N3O4. The van der Waals surface area contributed by atoms with Crippen LogP contribution in [0.25, 0.3) is 0 Å². The van der Waals surface area contributed by atoms with Crippen molar-refractivity contribution in [2.45, 2.75) is 25.7 Å². The third kappa shape index (κ3) is 10.9. The first-order chi connectivity index (χ1) is 8.41. The lowest BCUT2D eigenvalue weighted by Crippen LogP contribution is -3.05. The molecule has 0 aromatic heterocycles. The normalized spacial score (nSPS) is 10.2. The van der Waals surface area contributed by atoms with Gasteiger partial charge in [0.15, 0.2) is 0 Å². The van der Waals surface area contributed by atoms with E-state index in [1.807, 2.05) is 14.1 Å². The van der Waals surface area contributed by atoms with Crippen LogP contribution in [-0.4, -0.2) is 45.1 Å². The summed E-state index contributed by atoms with van der Waals surface area (Å²) >= 11 is 0. The molecule has 0 saturated carbocycles. The van der Waals surface area contributed by atoms with E-state index in [4.69, 9.17) is 0 Å². The van der Waals surface area contributed by atoms with Crippen LogP contribution in [0.15, 0.2) is 0 Å². The van der Waals surface area contributed by atoms with E-state index in [1.54, 1.807) is 0 Å². The van der Waals surface area contributed by atoms with Gasteiger partial charge in [-0.3, -0.25) is 10.1 Å². The molecule has 0 unspecified atom stereocenters. The van der Waals surface area contributed by atoms with Gasteiger partial charge < -0.3 is 20.1 Å². The summed E-state index contributed by atoms with van der Waals surface area (Å²) in [4.78, 5) is 33.8. The molecule has 0 spiro atoms. The third-order valence-electron chi connectivity index (χ3n) is 2.18. The Morgan fingerprint density at radius 1 is 1.11 bits per heavy atom. The van der Waals surface area contributed by atoms with Crippen LogP contribution in [0.5, 0.6) is 0 Å². The zero-order valence-corrected chi connectivity index (χ0v) is 10.9. The van der Waals surface area contributed by atoms with Crippen molar-refractivity contribution >= 4 is 17.9 Å². The second-order valence-corrected chi connectivity index (χ2v) is 4.34. The third-order valence-corrected chi connectivity index (χ3v) is 2.18. The minimum absolute atomic E-state index is 0.00322. The van der Waals surface area contributed by atoms with E-state index in [0.29, 0.717) is 6.54 Å². The Kier molecular flexibility index (Phi) is 8.55. The summed E-state index contributed by atoms with van der Waals surface area (Å²) in [6.07, 6.45) is 0.823. The number of carbonyl (C=O) groups is 3. The van der Waals surface area contributed by atoms with Crippen LogP contribution in [-0.2, 0) is 9.59 Å². The highest BCUT2D eigenvalue weighted by Gasteiger charge is 2.06. The second-order valence-electron chi connectivity index (χ2n) is 4.34. The maximum Gasteiger partial charge on any atom is 0.321 e. The number of hydrogen-bond acceptors (Lipinski definition) is 4. The highest BCUT2D eigenvalue weighted by atomic mass is 16.4. The van der Waals surface area contributed by atoms with Gasteiger partial charge in [-0.1, -0.05) is 0 Å². The Morgan fingerprint density at radius 2 is 1.78 bits per heavy atom. The van der Waals surface area contributed by atoms with E-state index < -0.39 is 17.9 Å². The molecule has 0 aliphatic carbocycles. The Morgan fingerprint density at radius 3 is 2.33 bits per heavy atom. The number of aliphatic carboxylic acids is 1. The molecule has 0 fully saturated rings. The standard InChI is InChI=1S/C11H21N3O4/c1-14(2)8-4-7-12-11(18)13-9(15)5-3-6-10(16)17/h3-8H2,1-2H3,(H,16,17)(H2,12,13,15,18). The van der Waals surface area contributed by atoms with Gasteiger partial charge >= 0.3 is 6.03 Å². The molecule has 0 aromatic rings. The van der Waals surface area contributed by atoms with Crippen molar-refractivity contribution in [2.75, 3.05) is 27.2 Å². The van der Waals surface area contributed by atoms with Gasteiger partial charge in [0, 0.05) is 25.4 Å². The van der Waals surface area contributed by atoms with Crippen molar-refractivity contribution in [1.82, 2.24) is 10.6 Å². The van der Waals surface area contributed by atoms with Crippen molar-refractivity contribution < 1.29 is 24.4 Å². The van der Waals surface area contributed by atoms with Gasteiger partial charge in [-0.25, -0.2) is 4.79 Å². The molecule has 7 nitrogen and oxygen atoms in total. The number of carboxylic acid groups (broad SMARTS) is 1. The van der Waals surface area contributed by atoms with Crippen molar-refractivity contribution in [3.05, 3.63) is 0 Å². The number of urea groups is 1. The van der Waals surface area contributed by atoms with Crippen LogP contribution in [0.3, 0.4) is 0 Å². The van der Waals surface area contributed by atoms with E-state index >= 15 is 0 Å². The van der Waals surface area contributed by atoms with Crippen molar-refractivity contribution in [3.8, 4) is 0 Å². The first-order valence-corrected chi connectivity index (χ1v) is 5.98. The molecular weight excluding hydrogens is 238 g/mol. The average Bonchev–Trinajstić information content (AvgIpc) is 2.23. The highest BCUT2D eigenvalue weighted by molar-refractivity contribution is 5.94. The second kappa shape index (κ2) is 9.41. The Labute approximate surface area is 107 Å². The lowest BCUT2D eigenvalue weighted by Gasteiger charge is -2.08. The quantitative estimate of drug-likeness (QED) is 0.412. The van der Waals surface area contributed by atoms with E-state index in [1.165, 1.54) is 4.90 Å². The Bertz CT molecular complexity index is 292. The average molecular weight is 259 g/mol. The summed E-state index contributed by atoms with van der Waals surface area (Å²) in [7, 11) is 4.03. The molecule has 0 rings (SSSR count). The first kappa shape index (κ1) is 16.4. The van der Waals surface area contributed by atoms with Crippen molar-refractivity contribution in [3.63, 3.8) is 0 Å². The van der Waals surface area contributed by atoms with Gasteiger partial charge in [-0.05, 0) is 12.8 Å². The number of amides is 3. The molecule has 0 aliphatic heterocycles. The minimum Gasteiger partial charge on any atom is -0.550 e. The van der Waals surface area contributed by atoms with Gasteiger partial charge in [0.05, 0.1) is 20.6 Å². The fraction of sp³-hybridized carbons (Fsp3) is 0.727. The molecule has 3 amide bonds. The van der Waals surface area contributed by atoms with Crippen LogP contribution in [0, 0.1) is 0 Å². The van der Waals surface area contributed by atoms with Gasteiger partial charge in [0.2, 0.25) is 5.91 Å². The maximum atomic E-state index is 11.2. The highest BCUT2D eigenvalue weighted by Crippen LogP contribution is 1.93. The summed E-state index contributed by atoms with van der Waals surface area (Å²) in [6, 6.07) is -0.540. The summed E-state index contributed by atoms with van der Waals surface area (Å²) in [5, 5.41) is 14.8. The molecule has 104 valence electrons. The molecule has 3 N–H and O–H groups in total. The van der Waals surface area contributed by atoms with Crippen LogP contribution in [0.1, 0.15) is 25.7 Å². The monoisotopic (exact) mass is 259 g/mol. The van der Waals surface area contributed by atoms with Crippen LogP contribution in [0.2, 0.25) is 0 Å². The molecule has 0 radical (unpaired) electrons. The summed E-state index contributed by atoms with van der Waals surface area (Å²) in [5.74, 6) is -1.68. The molecule has 0 saturated heterocycles. The number of quaternary nitrogens is 1. The van der Waals surface area contributed by atoms with E-state index in [9.17, 15) is 19.5 Å². The SMILES string of the molecule is C[NH+](C)CCCNC(=O)NC(=O)CCCC(=O)[O-]. The number of hydrogen-bond donors (Lipinski definition) is 3. The number of carboxylic acids is 1. The number of rotatable bonds is 8. The van der Waals surface area contributed by atoms with E-state index in [0.717, 1.165) is 13.0 Å². The van der Waals surface area contributed by atoms with Crippen molar-refractivity contribution in [2.24, 2.45) is 0 Å². The largest absolute Gasteiger partial charge is 0.550 e. The van der Waals surface area contributed by atoms with Gasteiger partial charge in [-0.2, -0.15) is 0 Å². The molecule has 0 aliphatic rings. The van der Waals surface area contributed by atoms with Crippen LogP contribution in [0.4, 0.5) is 4.79 Å². The predicted octanol–water partition coefficient (Wildman–Crippen LogP) is -2.73. The van der Waals surface area contributed by atoms with Crippen LogP contribution < -0.4 is 20.6 Å². The molecule has 7 heteroatoms. The lowest BCUT2D eigenvalue weighted by atomic mass is 10.2. The number of carbonyl (C=O) groups excluding carboxylic acids is 3. The van der Waals surface area contributed by atoms with Gasteiger partial charge in [0.25, 0.3) is 0 Å². The molecule has 0 bridgehead atoms. The fourth-order valence-corrected chi connectivity index (χ4v) is 1.27. The van der Waals surface area contributed by atoms with Crippen LogP contribution >= 0.6 is 0 Å². The van der Waals surface area contributed by atoms with Gasteiger partial charge in [0.1, 0.15) is 0 Å². The number of nitrogens with one attached hydrogen (secondary N) is 3. The number of imide groups is 1. The summed E-state index contributed by atoms with van der Waals surface area (Å²) in [6.45, 7) is 1.43. The smallest absolute Gasteiger partial charge is 0.321 e. The topological polar surface area (TPSA) is 103 Å². The molecule has 0 atom stereocenters. The van der Waals surface area contributed by atoms with E-state index in [2.05, 4.69) is 10.6 Å². The fourth-order valence-electron chi connectivity index (χ4n) is 1.27. The minimum atomic E-state index is -1.20. The first-order valence-electron chi connectivity index (χ1n) is 5.98. The summed E-state index contributed by atoms with van der Waals surface area (Å²) in [5.41, 5.74) is 0. The zero-order chi connectivity index (χ0) is 14.0. The van der Waals surface area contributed by atoms with Crippen molar-refractivity contribution in [1.29, 1.82) is 0 Å². The lowest BCUT2D eigenvalue weighted by molar-refractivity contribution is -0.858. The molecule has 18 heavy (non-hydrogen) atoms. The molecule has 0 aromatic carbocycles. The maximum absolute atomic E-state index is 11.2. The molecule has 0 heterocycles. The van der Waals surface area contributed by atoms with Gasteiger partial charge in [-0.15, -0.1) is 0 Å². The summed E-state index contributed by atoms with van der Waals surface area (Å²) < 4.78 is 0. The van der Waals surface area contributed by atoms with E-state index in [-0.39, 0.29) is 19.3 Å². The predicted molar refractivity (Wildman–Crippen MR) is 62.7 cm³/mol. The zero-order valence-electron chi connectivity index (χ0n) is 10.9. The Hall–Kier alpha value is -1.63. The Balaban J connectivity index is 3.55.